The highest BCUT2D eigenvalue weighted by atomic mass is 16.7. The number of rotatable bonds is 38. The first-order valence-electron chi connectivity index (χ1n) is 23.6. The van der Waals surface area contributed by atoms with Crippen molar-refractivity contribution >= 4 is 5.97 Å². The van der Waals surface area contributed by atoms with Crippen LogP contribution in [-0.4, -0.2) is 89.6 Å². The minimum Gasteiger partial charge on any atom is -0.457 e. The van der Waals surface area contributed by atoms with Crippen molar-refractivity contribution < 1.29 is 44.2 Å². The molecule has 6 unspecified atom stereocenters. The fourth-order valence-electron chi connectivity index (χ4n) is 6.25. The van der Waals surface area contributed by atoms with Gasteiger partial charge in [-0.2, -0.15) is 0 Å². The van der Waals surface area contributed by atoms with Crippen molar-refractivity contribution in [3.63, 3.8) is 0 Å². The fourth-order valence-corrected chi connectivity index (χ4v) is 6.25. The number of aliphatic hydroxyl groups excluding tert-OH is 4. The minimum atomic E-state index is -1.56. The second-order valence-electron chi connectivity index (χ2n) is 15.4. The van der Waals surface area contributed by atoms with E-state index in [-0.39, 0.29) is 25.6 Å². The van der Waals surface area contributed by atoms with Gasteiger partial charge in [-0.1, -0.05) is 155 Å². The lowest BCUT2D eigenvalue weighted by Gasteiger charge is -2.39. The van der Waals surface area contributed by atoms with Gasteiger partial charge in [0, 0.05) is 13.0 Å². The molecule has 0 spiro atoms. The third-order valence-electron chi connectivity index (χ3n) is 9.87. The molecule has 0 aromatic heterocycles. The Balaban J connectivity index is 2.31. The van der Waals surface area contributed by atoms with Crippen molar-refractivity contribution in [3.05, 3.63) is 122 Å². The Morgan fingerprint density at radius 1 is 0.516 bits per heavy atom. The monoisotopic (exact) mass is 865 g/mol. The molecule has 1 aliphatic rings. The molecule has 1 saturated heterocycles. The van der Waals surface area contributed by atoms with Gasteiger partial charge in [0.05, 0.1) is 19.8 Å². The zero-order valence-corrected chi connectivity index (χ0v) is 38.3. The summed E-state index contributed by atoms with van der Waals surface area (Å²) in [7, 11) is 0. The molecular weight excluding hydrogens is 781 g/mol. The highest BCUT2D eigenvalue weighted by molar-refractivity contribution is 5.69. The number of carbonyl (C=O) groups excluding carboxylic acids is 1. The van der Waals surface area contributed by atoms with Crippen LogP contribution in [0.2, 0.25) is 0 Å². The van der Waals surface area contributed by atoms with Gasteiger partial charge in [-0.15, -0.1) is 0 Å². The molecule has 350 valence electrons. The lowest BCUT2D eigenvalue weighted by molar-refractivity contribution is -0.305. The minimum absolute atomic E-state index is 0.102. The van der Waals surface area contributed by atoms with Crippen molar-refractivity contribution in [3.8, 4) is 0 Å². The van der Waals surface area contributed by atoms with Gasteiger partial charge in [0.1, 0.15) is 30.5 Å². The van der Waals surface area contributed by atoms with E-state index in [9.17, 15) is 25.2 Å². The number of aliphatic hydroxyl groups is 4. The Kier molecular flexibility index (Phi) is 39.1. The molecule has 0 amide bonds. The summed E-state index contributed by atoms with van der Waals surface area (Å²) < 4.78 is 22.8. The molecule has 0 bridgehead atoms. The zero-order valence-electron chi connectivity index (χ0n) is 38.3. The summed E-state index contributed by atoms with van der Waals surface area (Å²) in [6.45, 7) is 4.18. The summed E-state index contributed by atoms with van der Waals surface area (Å²) in [5, 5.41) is 40.2. The number of ether oxygens (including phenoxy) is 4. The van der Waals surface area contributed by atoms with Crippen LogP contribution in [0.15, 0.2) is 122 Å². The van der Waals surface area contributed by atoms with E-state index in [1.54, 1.807) is 0 Å². The SMILES string of the molecule is CC/C=C\C/C=C\C/C=C\C/C=C\C/C=C\C/C=C\CCCCCOCC(COC1OC(CO)C(O)C(O)C1O)OC(=O)CCCCCC/C=C\C/C=C\C/C=C\C/C=C\CC. The molecule has 4 N–H and O–H groups in total. The van der Waals surface area contributed by atoms with Crippen LogP contribution in [0.25, 0.3) is 0 Å². The first-order chi connectivity index (χ1) is 30.4. The third-order valence-corrected chi connectivity index (χ3v) is 9.87. The van der Waals surface area contributed by atoms with E-state index >= 15 is 0 Å². The Morgan fingerprint density at radius 2 is 0.935 bits per heavy atom. The number of allylic oxidation sites excluding steroid dienone is 20. The normalized spacial score (nSPS) is 20.9. The summed E-state index contributed by atoms with van der Waals surface area (Å²) in [5.41, 5.74) is 0. The number of hydrogen-bond donors (Lipinski definition) is 4. The van der Waals surface area contributed by atoms with E-state index in [1.807, 2.05) is 0 Å². The van der Waals surface area contributed by atoms with E-state index < -0.39 is 43.4 Å². The third kappa shape index (κ3) is 33.2. The maximum absolute atomic E-state index is 12.8. The van der Waals surface area contributed by atoms with Crippen LogP contribution in [0.3, 0.4) is 0 Å². The van der Waals surface area contributed by atoms with Gasteiger partial charge in [-0.3, -0.25) is 4.79 Å². The molecule has 0 saturated carbocycles. The molecule has 0 aromatic rings. The molecule has 0 aliphatic carbocycles. The van der Waals surface area contributed by atoms with E-state index in [1.165, 1.54) is 0 Å². The first kappa shape index (κ1) is 56.6. The summed E-state index contributed by atoms with van der Waals surface area (Å²) >= 11 is 0. The second-order valence-corrected chi connectivity index (χ2v) is 15.4. The topological polar surface area (TPSA) is 135 Å². The van der Waals surface area contributed by atoms with Crippen LogP contribution in [0, 0.1) is 0 Å². The van der Waals surface area contributed by atoms with E-state index in [2.05, 4.69) is 135 Å². The lowest BCUT2D eigenvalue weighted by atomic mass is 9.99. The van der Waals surface area contributed by atoms with Crippen LogP contribution < -0.4 is 0 Å². The second kappa shape index (κ2) is 42.9. The maximum atomic E-state index is 12.8. The van der Waals surface area contributed by atoms with Crippen LogP contribution in [0.1, 0.15) is 142 Å². The van der Waals surface area contributed by atoms with Gasteiger partial charge in [0.15, 0.2) is 6.29 Å². The molecule has 1 aliphatic heterocycles. The van der Waals surface area contributed by atoms with Crippen molar-refractivity contribution in [2.45, 2.75) is 179 Å². The highest BCUT2D eigenvalue weighted by Crippen LogP contribution is 2.22. The van der Waals surface area contributed by atoms with Crippen molar-refractivity contribution in [1.82, 2.24) is 0 Å². The highest BCUT2D eigenvalue weighted by Gasteiger charge is 2.44. The van der Waals surface area contributed by atoms with Crippen LogP contribution in [0.4, 0.5) is 0 Å². The van der Waals surface area contributed by atoms with Gasteiger partial charge in [-0.25, -0.2) is 0 Å². The molecule has 0 aromatic carbocycles. The van der Waals surface area contributed by atoms with Gasteiger partial charge in [0.2, 0.25) is 0 Å². The molecule has 6 atom stereocenters. The molecule has 9 nitrogen and oxygen atoms in total. The molecule has 62 heavy (non-hydrogen) atoms. The molecular formula is C53H84O9. The molecule has 0 radical (unpaired) electrons. The van der Waals surface area contributed by atoms with Crippen LogP contribution in [0.5, 0.6) is 0 Å². The standard InChI is InChI=1S/C53H84O9/c1-3-5-7-9-11-13-15-17-19-21-22-23-24-25-27-29-31-33-35-37-39-41-43-59-45-47(46-60-53-52(58)51(57)50(56)48(44-54)62-53)61-49(55)42-40-38-36-34-32-30-28-26-20-18-16-14-12-10-8-6-4-2/h5-8,11-14,17-20,22-23,25,27-28,30-31,33,47-48,50-54,56-58H,3-4,9-10,15-16,21,24,26,29,32,34-46H2,1-2H3/b7-5-,8-6-,13-11-,14-12-,19-17-,20-18-,23-22-,27-25-,30-28-,33-31-. The summed E-state index contributed by atoms with van der Waals surface area (Å²) in [4.78, 5) is 12.8. The number of esters is 1. The number of hydrogen-bond acceptors (Lipinski definition) is 9. The predicted molar refractivity (Wildman–Crippen MR) is 256 cm³/mol. The molecule has 9 heteroatoms. The van der Waals surface area contributed by atoms with Crippen molar-refractivity contribution in [2.75, 3.05) is 26.4 Å². The zero-order chi connectivity index (χ0) is 45.0. The van der Waals surface area contributed by atoms with E-state index in [0.29, 0.717) is 13.0 Å². The van der Waals surface area contributed by atoms with Gasteiger partial charge in [-0.05, 0) is 103 Å². The van der Waals surface area contributed by atoms with Crippen LogP contribution in [-0.2, 0) is 23.7 Å². The Morgan fingerprint density at radius 3 is 1.39 bits per heavy atom. The lowest BCUT2D eigenvalue weighted by Crippen LogP contribution is -2.59. The Bertz CT molecular complexity index is 1350. The van der Waals surface area contributed by atoms with Gasteiger partial charge >= 0.3 is 5.97 Å². The molecule has 1 fully saturated rings. The van der Waals surface area contributed by atoms with Crippen molar-refractivity contribution in [2.24, 2.45) is 0 Å². The Labute approximate surface area is 376 Å². The first-order valence-corrected chi connectivity index (χ1v) is 23.6. The average Bonchev–Trinajstić information content (AvgIpc) is 3.27. The molecule has 1 heterocycles. The maximum Gasteiger partial charge on any atom is 0.306 e. The molecule has 1 rings (SSSR count). The smallest absolute Gasteiger partial charge is 0.306 e. The fraction of sp³-hybridized carbons (Fsp3) is 0.604. The summed E-state index contributed by atoms with van der Waals surface area (Å²) in [6, 6.07) is 0. The van der Waals surface area contributed by atoms with Crippen LogP contribution >= 0.6 is 0 Å². The van der Waals surface area contributed by atoms with Crippen molar-refractivity contribution in [1.29, 1.82) is 0 Å². The van der Waals surface area contributed by atoms with Gasteiger partial charge in [0.25, 0.3) is 0 Å². The number of carbonyl (C=O) groups is 1. The van der Waals surface area contributed by atoms with E-state index in [4.69, 9.17) is 18.9 Å². The predicted octanol–water partition coefficient (Wildman–Crippen LogP) is 11.1. The Hall–Kier alpha value is -3.41. The summed E-state index contributed by atoms with van der Waals surface area (Å²) in [5.74, 6) is -0.355. The van der Waals surface area contributed by atoms with E-state index in [0.717, 1.165) is 116 Å². The summed E-state index contributed by atoms with van der Waals surface area (Å²) in [6.07, 6.45) is 55.1. The largest absolute Gasteiger partial charge is 0.457 e. The number of unbranched alkanes of at least 4 members (excludes halogenated alkanes) is 7. The quantitative estimate of drug-likeness (QED) is 0.0272. The van der Waals surface area contributed by atoms with Gasteiger partial charge < -0.3 is 39.4 Å². The average molecular weight is 865 g/mol.